The maximum absolute atomic E-state index is 12.5. The first-order chi connectivity index (χ1) is 9.05. The normalized spacial score (nSPS) is 11.6. The van der Waals surface area contributed by atoms with Gasteiger partial charge in [-0.25, -0.2) is 0 Å². The van der Waals surface area contributed by atoms with Crippen LogP contribution in [0.2, 0.25) is 0 Å². The van der Waals surface area contributed by atoms with Crippen LogP contribution in [0.5, 0.6) is 0 Å². The van der Waals surface area contributed by atoms with E-state index in [0.29, 0.717) is 52.4 Å². The fraction of sp³-hybridized carbons (Fsp3) is 0.929. The minimum atomic E-state index is -0.765. The van der Waals surface area contributed by atoms with Crippen LogP contribution < -0.4 is 5.73 Å². The second-order valence-corrected chi connectivity index (χ2v) is 4.55. The Morgan fingerprint density at radius 3 is 1.74 bits per heavy atom. The van der Waals surface area contributed by atoms with Gasteiger partial charge in [0.1, 0.15) is 0 Å². The fourth-order valence-corrected chi connectivity index (χ4v) is 1.82. The summed E-state index contributed by atoms with van der Waals surface area (Å²) in [6.45, 7) is 11.3. The third-order valence-corrected chi connectivity index (χ3v) is 3.39. The average Bonchev–Trinajstić information content (AvgIpc) is 2.44. The molecule has 0 aliphatic rings. The quantitative estimate of drug-likeness (QED) is 0.579. The Hall–Kier alpha value is -0.650. The minimum Gasteiger partial charge on any atom is -0.380 e. The van der Waals surface area contributed by atoms with Crippen molar-refractivity contribution in [1.29, 1.82) is 0 Å². The summed E-state index contributed by atoms with van der Waals surface area (Å²) in [6.07, 6.45) is 1.28. The number of rotatable bonds is 11. The first kappa shape index (κ1) is 18.4. The van der Waals surface area contributed by atoms with Gasteiger partial charge in [-0.15, -0.1) is 0 Å². The van der Waals surface area contributed by atoms with Gasteiger partial charge in [0, 0.05) is 26.3 Å². The number of nitrogens with zero attached hydrogens (tertiary/aromatic N) is 1. The number of hydrogen-bond acceptors (Lipinski definition) is 4. The molecule has 0 aromatic rings. The van der Waals surface area contributed by atoms with E-state index >= 15 is 0 Å². The van der Waals surface area contributed by atoms with Gasteiger partial charge in [0.15, 0.2) is 0 Å². The molecule has 0 saturated carbocycles. The number of amides is 1. The molecule has 19 heavy (non-hydrogen) atoms. The smallest absolute Gasteiger partial charge is 0.242 e. The Kier molecular flexibility index (Phi) is 9.83. The number of ether oxygens (including phenoxy) is 2. The molecule has 0 rings (SSSR count). The summed E-state index contributed by atoms with van der Waals surface area (Å²) in [5.41, 5.74) is 5.41. The lowest BCUT2D eigenvalue weighted by molar-refractivity contribution is -0.138. The van der Waals surface area contributed by atoms with E-state index < -0.39 is 5.54 Å². The summed E-state index contributed by atoms with van der Waals surface area (Å²) in [6, 6.07) is 0. The maximum Gasteiger partial charge on any atom is 0.242 e. The highest BCUT2D eigenvalue weighted by Crippen LogP contribution is 2.15. The highest BCUT2D eigenvalue weighted by molar-refractivity contribution is 5.86. The van der Waals surface area contributed by atoms with Gasteiger partial charge in [-0.05, 0) is 26.7 Å². The van der Waals surface area contributed by atoms with Crippen molar-refractivity contribution in [2.45, 2.75) is 46.1 Å². The maximum atomic E-state index is 12.5. The third-order valence-electron chi connectivity index (χ3n) is 3.39. The molecule has 1 amide bonds. The molecule has 0 radical (unpaired) electrons. The van der Waals surface area contributed by atoms with E-state index in [1.165, 1.54) is 0 Å². The minimum absolute atomic E-state index is 0.00286. The van der Waals surface area contributed by atoms with Crippen LogP contribution in [0.1, 0.15) is 40.5 Å². The lowest BCUT2D eigenvalue weighted by Crippen LogP contribution is -2.55. The van der Waals surface area contributed by atoms with Gasteiger partial charge in [-0.1, -0.05) is 13.8 Å². The molecule has 5 nitrogen and oxygen atoms in total. The first-order valence-electron chi connectivity index (χ1n) is 7.29. The van der Waals surface area contributed by atoms with Crippen LogP contribution >= 0.6 is 0 Å². The Morgan fingerprint density at radius 1 is 1.00 bits per heavy atom. The molecule has 0 aromatic carbocycles. The SMILES string of the molecule is CCOCCN(CCOCC)C(=O)C(N)(CC)CC. The highest BCUT2D eigenvalue weighted by Gasteiger charge is 2.33. The topological polar surface area (TPSA) is 64.8 Å². The van der Waals surface area contributed by atoms with Crippen molar-refractivity contribution in [2.24, 2.45) is 5.73 Å². The lowest BCUT2D eigenvalue weighted by atomic mass is 9.92. The predicted molar refractivity (Wildman–Crippen MR) is 77.1 cm³/mol. The molecule has 0 fully saturated rings. The zero-order valence-electron chi connectivity index (χ0n) is 12.9. The van der Waals surface area contributed by atoms with Gasteiger partial charge in [-0.3, -0.25) is 4.79 Å². The number of carbonyl (C=O) groups is 1. The van der Waals surface area contributed by atoms with Crippen LogP contribution in [0, 0.1) is 0 Å². The van der Waals surface area contributed by atoms with Crippen LogP contribution in [0.3, 0.4) is 0 Å². The van der Waals surface area contributed by atoms with Crippen molar-refractivity contribution >= 4 is 5.91 Å². The molecule has 0 bridgehead atoms. The standard InChI is InChI=1S/C14H30N2O3/c1-5-14(15,6-2)13(17)16(9-11-18-7-3)10-12-19-8-4/h5-12,15H2,1-4H3. The van der Waals surface area contributed by atoms with E-state index in [0.717, 1.165) is 0 Å². The van der Waals surface area contributed by atoms with Gasteiger partial charge < -0.3 is 20.1 Å². The molecule has 0 heterocycles. The van der Waals surface area contributed by atoms with Crippen LogP contribution in [0.4, 0.5) is 0 Å². The van der Waals surface area contributed by atoms with Gasteiger partial charge in [0.2, 0.25) is 5.91 Å². The van der Waals surface area contributed by atoms with Gasteiger partial charge in [-0.2, -0.15) is 0 Å². The van der Waals surface area contributed by atoms with Crippen molar-refractivity contribution in [3.8, 4) is 0 Å². The molecule has 0 saturated heterocycles. The molecule has 0 aliphatic heterocycles. The van der Waals surface area contributed by atoms with E-state index in [4.69, 9.17) is 15.2 Å². The number of carbonyl (C=O) groups excluding carboxylic acids is 1. The molecule has 0 spiro atoms. The van der Waals surface area contributed by atoms with Crippen LogP contribution in [0.25, 0.3) is 0 Å². The largest absolute Gasteiger partial charge is 0.380 e. The second kappa shape index (κ2) is 10.2. The predicted octanol–water partition coefficient (Wildman–Crippen LogP) is 1.41. The molecular formula is C14H30N2O3. The van der Waals surface area contributed by atoms with Gasteiger partial charge in [0.25, 0.3) is 0 Å². The monoisotopic (exact) mass is 274 g/mol. The summed E-state index contributed by atoms with van der Waals surface area (Å²) in [5, 5.41) is 0. The fourth-order valence-electron chi connectivity index (χ4n) is 1.82. The average molecular weight is 274 g/mol. The van der Waals surface area contributed by atoms with E-state index in [2.05, 4.69) is 0 Å². The van der Waals surface area contributed by atoms with Crippen LogP contribution in [-0.2, 0) is 14.3 Å². The molecule has 0 aliphatic carbocycles. The lowest BCUT2D eigenvalue weighted by Gasteiger charge is -2.33. The molecule has 0 aromatic heterocycles. The summed E-state index contributed by atoms with van der Waals surface area (Å²) in [5.74, 6) is -0.00286. The van der Waals surface area contributed by atoms with Crippen molar-refractivity contribution in [1.82, 2.24) is 4.90 Å². The van der Waals surface area contributed by atoms with Crippen LogP contribution in [0.15, 0.2) is 0 Å². The molecule has 114 valence electrons. The zero-order chi connectivity index (χ0) is 14.7. The third kappa shape index (κ3) is 6.36. The first-order valence-corrected chi connectivity index (χ1v) is 7.29. The Labute approximate surface area is 117 Å². The van der Waals surface area contributed by atoms with Crippen molar-refractivity contribution in [2.75, 3.05) is 39.5 Å². The van der Waals surface area contributed by atoms with E-state index in [9.17, 15) is 4.79 Å². The van der Waals surface area contributed by atoms with Crippen molar-refractivity contribution in [3.05, 3.63) is 0 Å². The Morgan fingerprint density at radius 2 is 1.42 bits per heavy atom. The second-order valence-electron chi connectivity index (χ2n) is 4.55. The molecule has 0 atom stereocenters. The summed E-state index contributed by atoms with van der Waals surface area (Å²) >= 11 is 0. The van der Waals surface area contributed by atoms with E-state index in [-0.39, 0.29) is 5.91 Å². The Balaban J connectivity index is 4.55. The highest BCUT2D eigenvalue weighted by atomic mass is 16.5. The summed E-state index contributed by atoms with van der Waals surface area (Å²) in [4.78, 5) is 14.3. The molecule has 0 unspecified atom stereocenters. The summed E-state index contributed by atoms with van der Waals surface area (Å²) < 4.78 is 10.6. The Bertz CT molecular complexity index is 233. The zero-order valence-corrected chi connectivity index (χ0v) is 12.9. The molecular weight excluding hydrogens is 244 g/mol. The van der Waals surface area contributed by atoms with Gasteiger partial charge in [0.05, 0.1) is 18.8 Å². The van der Waals surface area contributed by atoms with Crippen molar-refractivity contribution < 1.29 is 14.3 Å². The number of hydrogen-bond donors (Lipinski definition) is 1. The van der Waals surface area contributed by atoms with Crippen LogP contribution in [-0.4, -0.2) is 55.9 Å². The van der Waals surface area contributed by atoms with E-state index in [1.807, 2.05) is 27.7 Å². The van der Waals surface area contributed by atoms with E-state index in [1.54, 1.807) is 4.90 Å². The number of nitrogens with two attached hydrogens (primary N) is 1. The molecule has 2 N–H and O–H groups in total. The van der Waals surface area contributed by atoms with Crippen molar-refractivity contribution in [3.63, 3.8) is 0 Å². The summed E-state index contributed by atoms with van der Waals surface area (Å²) in [7, 11) is 0. The van der Waals surface area contributed by atoms with Gasteiger partial charge >= 0.3 is 0 Å². The molecule has 5 heteroatoms.